The van der Waals surface area contributed by atoms with Crippen molar-refractivity contribution < 1.29 is 37.7 Å². The van der Waals surface area contributed by atoms with Crippen LogP contribution < -0.4 is 10.1 Å². The molecule has 11 heteroatoms. The Labute approximate surface area is 204 Å². The number of alkyl halides is 3. The van der Waals surface area contributed by atoms with E-state index in [-0.39, 0.29) is 11.9 Å². The summed E-state index contributed by atoms with van der Waals surface area (Å²) in [7, 11) is 1.61. The van der Waals surface area contributed by atoms with Gasteiger partial charge in [0.25, 0.3) is 0 Å². The maximum Gasteiger partial charge on any atom is 0.490 e. The number of carbonyl (C=O) groups is 2. The Morgan fingerprint density at radius 2 is 1.92 bits per heavy atom. The highest BCUT2D eigenvalue weighted by Crippen LogP contribution is 2.31. The smallest absolute Gasteiger partial charge is 0.490 e. The van der Waals surface area contributed by atoms with E-state index < -0.39 is 18.2 Å². The van der Waals surface area contributed by atoms with E-state index in [4.69, 9.17) is 14.6 Å². The molecular formula is C25H24F3N3O5. The Kier molecular flexibility index (Phi) is 8.15. The summed E-state index contributed by atoms with van der Waals surface area (Å²) in [6.45, 7) is 1.93. The van der Waals surface area contributed by atoms with Gasteiger partial charge in [0, 0.05) is 18.7 Å². The molecule has 36 heavy (non-hydrogen) atoms. The molecule has 3 N–H and O–H groups in total. The summed E-state index contributed by atoms with van der Waals surface area (Å²) < 4.78 is 39.1. The summed E-state index contributed by atoms with van der Waals surface area (Å²) in [6.07, 6.45) is 1.73. The van der Waals surface area contributed by atoms with Crippen molar-refractivity contribution in [3.8, 4) is 11.4 Å². The molecule has 4 rings (SSSR count). The lowest BCUT2D eigenvalue weighted by Gasteiger charge is -2.16. The Hall–Kier alpha value is -4.12. The summed E-state index contributed by atoms with van der Waals surface area (Å²) in [5.41, 5.74) is 4.68. The fraction of sp³-hybridized carbons (Fsp3) is 0.240. The van der Waals surface area contributed by atoms with Crippen LogP contribution in [-0.2, 0) is 16.0 Å². The van der Waals surface area contributed by atoms with Crippen molar-refractivity contribution in [3.05, 3.63) is 83.4 Å². The number of hydrogen-bond acceptors (Lipinski definition) is 5. The van der Waals surface area contributed by atoms with E-state index in [0.717, 1.165) is 28.1 Å². The number of aliphatic hydroxyl groups excluding tert-OH is 1. The third-order valence-corrected chi connectivity index (χ3v) is 5.37. The van der Waals surface area contributed by atoms with Crippen molar-refractivity contribution in [2.75, 3.05) is 7.11 Å². The van der Waals surface area contributed by atoms with E-state index in [1.165, 1.54) is 6.08 Å². The number of aryl methyl sites for hydroxylation is 1. The molecule has 0 unspecified atom stereocenters. The lowest BCUT2D eigenvalue weighted by molar-refractivity contribution is -0.192. The number of methoxy groups -OCH3 is 1. The second-order valence-electron chi connectivity index (χ2n) is 7.95. The van der Waals surface area contributed by atoms with Gasteiger partial charge in [0.05, 0.1) is 37.0 Å². The number of aliphatic carboxylic acids is 1. The zero-order valence-corrected chi connectivity index (χ0v) is 19.4. The molecule has 1 amide bonds. The minimum atomic E-state index is -5.08. The molecule has 190 valence electrons. The quantitative estimate of drug-likeness (QED) is 0.459. The number of amides is 1. The Bertz CT molecular complexity index is 1270. The Morgan fingerprint density at radius 3 is 2.53 bits per heavy atom. The molecule has 2 aromatic carbocycles. The molecule has 1 heterocycles. The van der Waals surface area contributed by atoms with Crippen molar-refractivity contribution in [2.45, 2.75) is 31.7 Å². The molecular weight excluding hydrogens is 479 g/mol. The molecule has 8 nitrogen and oxygen atoms in total. The second kappa shape index (κ2) is 11.1. The SMILES string of the molecule is COc1cc(C=CC(=O)N[C@H]2c3ccccc3C[C@H]2O)ccc1-n1cnc(C)c1.O=C(O)C(F)(F)F. The van der Waals surface area contributed by atoms with Crippen molar-refractivity contribution in [2.24, 2.45) is 0 Å². The number of halogens is 3. The number of nitrogens with zero attached hydrogens (tertiary/aromatic N) is 2. The number of carboxylic acids is 1. The molecule has 0 bridgehead atoms. The zero-order chi connectivity index (χ0) is 26.5. The van der Waals surface area contributed by atoms with Gasteiger partial charge >= 0.3 is 12.1 Å². The van der Waals surface area contributed by atoms with E-state index in [1.807, 2.05) is 60.2 Å². The number of rotatable bonds is 5. The predicted octanol–water partition coefficient (Wildman–Crippen LogP) is 3.61. The Balaban J connectivity index is 0.000000454. The van der Waals surface area contributed by atoms with Gasteiger partial charge in [-0.1, -0.05) is 30.3 Å². The van der Waals surface area contributed by atoms with Gasteiger partial charge in [-0.25, -0.2) is 9.78 Å². The number of benzene rings is 2. The van der Waals surface area contributed by atoms with Gasteiger partial charge in [0.1, 0.15) is 5.75 Å². The van der Waals surface area contributed by atoms with Gasteiger partial charge in [-0.2, -0.15) is 13.2 Å². The topological polar surface area (TPSA) is 114 Å². The van der Waals surface area contributed by atoms with Gasteiger partial charge in [0.15, 0.2) is 0 Å². The monoisotopic (exact) mass is 503 g/mol. The summed E-state index contributed by atoms with van der Waals surface area (Å²) >= 11 is 0. The van der Waals surface area contributed by atoms with Crippen molar-refractivity contribution in [3.63, 3.8) is 0 Å². The van der Waals surface area contributed by atoms with Crippen LogP contribution in [0.5, 0.6) is 5.75 Å². The van der Waals surface area contributed by atoms with E-state index in [1.54, 1.807) is 19.5 Å². The molecule has 0 saturated heterocycles. The zero-order valence-electron chi connectivity index (χ0n) is 19.4. The third-order valence-electron chi connectivity index (χ3n) is 5.37. The van der Waals surface area contributed by atoms with Crippen LogP contribution in [0.3, 0.4) is 0 Å². The van der Waals surface area contributed by atoms with Crippen LogP contribution in [0.2, 0.25) is 0 Å². The van der Waals surface area contributed by atoms with Gasteiger partial charge < -0.3 is 24.8 Å². The van der Waals surface area contributed by atoms with Crippen LogP contribution in [0.4, 0.5) is 13.2 Å². The number of fused-ring (bicyclic) bond motifs is 1. The van der Waals surface area contributed by atoms with E-state index in [2.05, 4.69) is 10.3 Å². The largest absolute Gasteiger partial charge is 0.495 e. The van der Waals surface area contributed by atoms with E-state index in [0.29, 0.717) is 12.2 Å². The fourth-order valence-corrected chi connectivity index (χ4v) is 3.69. The van der Waals surface area contributed by atoms with Crippen molar-refractivity contribution in [1.29, 1.82) is 0 Å². The van der Waals surface area contributed by atoms with Crippen LogP contribution in [0.1, 0.15) is 28.4 Å². The average molecular weight is 503 g/mol. The maximum absolute atomic E-state index is 12.4. The third kappa shape index (κ3) is 6.51. The van der Waals surface area contributed by atoms with Gasteiger partial charge in [-0.15, -0.1) is 0 Å². The number of nitrogens with one attached hydrogen (secondary N) is 1. The van der Waals surface area contributed by atoms with Crippen LogP contribution in [0.25, 0.3) is 11.8 Å². The van der Waals surface area contributed by atoms with Crippen LogP contribution in [0.15, 0.2) is 61.1 Å². The lowest BCUT2D eigenvalue weighted by atomic mass is 10.1. The van der Waals surface area contributed by atoms with Crippen LogP contribution in [0, 0.1) is 6.92 Å². The molecule has 1 aliphatic carbocycles. The highest BCUT2D eigenvalue weighted by Gasteiger charge is 2.38. The van der Waals surface area contributed by atoms with Crippen molar-refractivity contribution in [1.82, 2.24) is 14.9 Å². The Morgan fingerprint density at radius 1 is 1.22 bits per heavy atom. The number of carbonyl (C=O) groups excluding carboxylic acids is 1. The summed E-state index contributed by atoms with van der Waals surface area (Å²) in [5, 5.41) is 20.3. The van der Waals surface area contributed by atoms with Gasteiger partial charge in [-0.05, 0) is 41.8 Å². The first-order valence-electron chi connectivity index (χ1n) is 10.7. The molecule has 0 saturated carbocycles. The number of aliphatic hydroxyl groups is 1. The molecule has 1 aromatic heterocycles. The number of hydrogen-bond donors (Lipinski definition) is 3. The first-order chi connectivity index (χ1) is 17.0. The minimum Gasteiger partial charge on any atom is -0.495 e. The second-order valence-corrected chi connectivity index (χ2v) is 7.95. The predicted molar refractivity (Wildman–Crippen MR) is 125 cm³/mol. The minimum absolute atomic E-state index is 0.251. The molecule has 1 aliphatic rings. The van der Waals surface area contributed by atoms with Gasteiger partial charge in [-0.3, -0.25) is 4.79 Å². The number of imidazole rings is 1. The fourth-order valence-electron chi connectivity index (χ4n) is 3.69. The van der Waals surface area contributed by atoms with Crippen LogP contribution >= 0.6 is 0 Å². The number of ether oxygens (including phenoxy) is 1. The normalized spacial score (nSPS) is 16.7. The van der Waals surface area contributed by atoms with Crippen LogP contribution in [-0.4, -0.2) is 51.0 Å². The maximum atomic E-state index is 12.4. The molecule has 0 spiro atoms. The highest BCUT2D eigenvalue weighted by molar-refractivity contribution is 5.92. The molecule has 0 fully saturated rings. The highest BCUT2D eigenvalue weighted by atomic mass is 19.4. The first-order valence-corrected chi connectivity index (χ1v) is 10.7. The van der Waals surface area contributed by atoms with Crippen molar-refractivity contribution >= 4 is 18.0 Å². The molecule has 2 atom stereocenters. The number of aromatic nitrogens is 2. The summed E-state index contributed by atoms with van der Waals surface area (Å²) in [6, 6.07) is 13.1. The van der Waals surface area contributed by atoms with Gasteiger partial charge in [0.2, 0.25) is 5.91 Å². The molecule has 3 aromatic rings. The van der Waals surface area contributed by atoms with E-state index in [9.17, 15) is 23.1 Å². The standard InChI is InChI=1S/C23H23N3O3.C2HF3O2/c1-15-13-26(14-24-15)19-9-7-16(11-21(19)29-2)8-10-22(28)25-23-18-6-4-3-5-17(18)12-20(23)27;3-2(4,5)1(6)7/h3-11,13-14,20,23,27H,12H2,1-2H3,(H,25,28);(H,6,7)/t20-,23+;/m1./s1. The lowest BCUT2D eigenvalue weighted by Crippen LogP contribution is -2.32. The first kappa shape index (κ1) is 26.5. The molecule has 0 aliphatic heterocycles. The summed E-state index contributed by atoms with van der Waals surface area (Å²) in [4.78, 5) is 25.6. The van der Waals surface area contributed by atoms with E-state index >= 15 is 0 Å². The average Bonchev–Trinajstić information content (AvgIpc) is 3.40. The molecule has 0 radical (unpaired) electrons. The summed E-state index contributed by atoms with van der Waals surface area (Å²) in [5.74, 6) is -2.32. The number of carboxylic acid groups (broad SMARTS) is 1.